The Hall–Kier alpha value is -1.94. The second-order valence-electron chi connectivity index (χ2n) is 7.27. The second-order valence-corrected chi connectivity index (χ2v) is 10.9. The minimum atomic E-state index is -0.112. The second kappa shape index (κ2) is 10.3. The summed E-state index contributed by atoms with van der Waals surface area (Å²) in [5, 5.41) is 14.6. The highest BCUT2D eigenvalue weighted by atomic mass is 79.9. The van der Waals surface area contributed by atoms with Gasteiger partial charge in [-0.15, -0.1) is 21.5 Å². The molecule has 4 aromatic rings. The van der Waals surface area contributed by atoms with Crippen LogP contribution in [0, 0.1) is 13.8 Å². The van der Waals surface area contributed by atoms with Crippen LogP contribution in [0.15, 0.2) is 68.0 Å². The van der Waals surface area contributed by atoms with Crippen molar-refractivity contribution in [3.8, 4) is 5.69 Å². The number of rotatable bonds is 7. The topological polar surface area (TPSA) is 59.8 Å². The van der Waals surface area contributed by atoms with Gasteiger partial charge in [0.1, 0.15) is 5.82 Å². The van der Waals surface area contributed by atoms with Crippen LogP contribution in [0.4, 0.5) is 5.69 Å². The van der Waals surface area contributed by atoms with Gasteiger partial charge in [-0.3, -0.25) is 9.36 Å². The first-order chi connectivity index (χ1) is 15.4. The SMILES string of the molecule is Cc1ccc(-n2c(Cc3cccs3)nnc2SCC(=O)Nc2c(Br)cc(C)cc2Br)cc1. The lowest BCUT2D eigenvalue weighted by Crippen LogP contribution is -2.15. The van der Waals surface area contributed by atoms with E-state index >= 15 is 0 Å². The first-order valence-corrected chi connectivity index (χ1v) is 13.3. The van der Waals surface area contributed by atoms with Gasteiger partial charge in [0.2, 0.25) is 5.91 Å². The predicted octanol–water partition coefficient (Wildman–Crippen LogP) is 6.79. The first kappa shape index (κ1) is 23.2. The monoisotopic (exact) mass is 590 g/mol. The Kier molecular flexibility index (Phi) is 7.50. The van der Waals surface area contributed by atoms with Crippen molar-refractivity contribution >= 4 is 66.6 Å². The van der Waals surface area contributed by atoms with Crippen molar-refractivity contribution in [2.45, 2.75) is 25.4 Å². The van der Waals surface area contributed by atoms with Gasteiger partial charge in [-0.1, -0.05) is 35.5 Å². The fraction of sp³-hybridized carbons (Fsp3) is 0.174. The maximum Gasteiger partial charge on any atom is 0.234 e. The summed E-state index contributed by atoms with van der Waals surface area (Å²) in [7, 11) is 0. The molecular formula is C23H20Br2N4OS2. The van der Waals surface area contributed by atoms with Gasteiger partial charge < -0.3 is 5.32 Å². The van der Waals surface area contributed by atoms with Gasteiger partial charge in [-0.2, -0.15) is 0 Å². The van der Waals surface area contributed by atoms with Crippen molar-refractivity contribution in [1.29, 1.82) is 0 Å². The highest BCUT2D eigenvalue weighted by Gasteiger charge is 2.17. The fourth-order valence-corrected chi connectivity index (χ4v) is 6.24. The third kappa shape index (κ3) is 5.51. The van der Waals surface area contributed by atoms with Gasteiger partial charge in [0.15, 0.2) is 5.16 Å². The molecule has 0 aliphatic carbocycles. The molecule has 32 heavy (non-hydrogen) atoms. The van der Waals surface area contributed by atoms with Crippen molar-refractivity contribution in [3.05, 3.63) is 84.7 Å². The summed E-state index contributed by atoms with van der Waals surface area (Å²) in [4.78, 5) is 13.9. The number of hydrogen-bond donors (Lipinski definition) is 1. The van der Waals surface area contributed by atoms with Gasteiger partial charge >= 0.3 is 0 Å². The summed E-state index contributed by atoms with van der Waals surface area (Å²) in [6.45, 7) is 4.06. The molecule has 2 heterocycles. The van der Waals surface area contributed by atoms with E-state index in [9.17, 15) is 4.79 Å². The molecule has 0 unspecified atom stereocenters. The molecule has 164 valence electrons. The zero-order chi connectivity index (χ0) is 22.7. The lowest BCUT2D eigenvalue weighted by atomic mass is 10.2. The van der Waals surface area contributed by atoms with E-state index in [1.54, 1.807) is 11.3 Å². The van der Waals surface area contributed by atoms with Crippen LogP contribution in [-0.2, 0) is 11.2 Å². The molecule has 0 fully saturated rings. The van der Waals surface area contributed by atoms with E-state index in [0.717, 1.165) is 31.7 Å². The van der Waals surface area contributed by atoms with E-state index in [-0.39, 0.29) is 11.7 Å². The Morgan fingerprint density at radius 1 is 1.06 bits per heavy atom. The molecule has 0 atom stereocenters. The summed E-state index contributed by atoms with van der Waals surface area (Å²) in [6, 6.07) is 16.3. The van der Waals surface area contributed by atoms with Crippen LogP contribution >= 0.6 is 55.0 Å². The molecule has 0 saturated carbocycles. The number of hydrogen-bond acceptors (Lipinski definition) is 5. The van der Waals surface area contributed by atoms with Crippen LogP contribution in [0.3, 0.4) is 0 Å². The molecule has 0 bridgehead atoms. The first-order valence-electron chi connectivity index (χ1n) is 9.82. The van der Waals surface area contributed by atoms with Gasteiger partial charge in [0, 0.05) is 25.9 Å². The molecule has 0 spiro atoms. The Bertz CT molecular complexity index is 1210. The molecule has 0 aliphatic rings. The lowest BCUT2D eigenvalue weighted by molar-refractivity contribution is -0.113. The van der Waals surface area contributed by atoms with Crippen LogP contribution < -0.4 is 5.32 Å². The fourth-order valence-electron chi connectivity index (χ4n) is 3.16. The zero-order valence-corrected chi connectivity index (χ0v) is 22.2. The molecule has 9 heteroatoms. The van der Waals surface area contributed by atoms with Crippen molar-refractivity contribution < 1.29 is 4.79 Å². The van der Waals surface area contributed by atoms with E-state index in [0.29, 0.717) is 11.6 Å². The Labute approximate surface area is 211 Å². The lowest BCUT2D eigenvalue weighted by Gasteiger charge is -2.12. The van der Waals surface area contributed by atoms with Gasteiger partial charge in [0.25, 0.3) is 0 Å². The van der Waals surface area contributed by atoms with Crippen molar-refractivity contribution in [2.24, 2.45) is 0 Å². The van der Waals surface area contributed by atoms with E-state index in [4.69, 9.17) is 0 Å². The Morgan fingerprint density at radius 3 is 2.44 bits per heavy atom. The number of nitrogens with one attached hydrogen (secondary N) is 1. The molecule has 4 rings (SSSR count). The number of thiophene rings is 1. The standard InChI is InChI=1S/C23H20Br2N4OS2/c1-14-5-7-16(8-6-14)29-20(12-17-4-3-9-31-17)27-28-23(29)32-13-21(30)26-22-18(24)10-15(2)11-19(22)25/h3-11H,12-13H2,1-2H3,(H,26,30). The number of thioether (sulfide) groups is 1. The normalized spacial score (nSPS) is 11.0. The number of amides is 1. The smallest absolute Gasteiger partial charge is 0.234 e. The molecule has 0 saturated heterocycles. The highest BCUT2D eigenvalue weighted by Crippen LogP contribution is 2.33. The Morgan fingerprint density at radius 2 is 1.78 bits per heavy atom. The van der Waals surface area contributed by atoms with E-state index in [1.807, 2.05) is 29.7 Å². The number of anilines is 1. The maximum absolute atomic E-state index is 12.7. The quantitative estimate of drug-likeness (QED) is 0.240. The van der Waals surface area contributed by atoms with Crippen molar-refractivity contribution in [1.82, 2.24) is 14.8 Å². The average molecular weight is 592 g/mol. The molecular weight excluding hydrogens is 572 g/mol. The van der Waals surface area contributed by atoms with E-state index in [2.05, 4.69) is 90.0 Å². The van der Waals surface area contributed by atoms with Crippen LogP contribution in [0.2, 0.25) is 0 Å². The highest BCUT2D eigenvalue weighted by molar-refractivity contribution is 9.11. The van der Waals surface area contributed by atoms with Crippen LogP contribution in [-0.4, -0.2) is 26.4 Å². The summed E-state index contributed by atoms with van der Waals surface area (Å²) in [6.07, 6.45) is 0.689. The number of nitrogens with zero attached hydrogens (tertiary/aromatic N) is 3. The van der Waals surface area contributed by atoms with Gasteiger partial charge in [0.05, 0.1) is 11.4 Å². The van der Waals surface area contributed by atoms with E-state index in [1.165, 1.54) is 22.2 Å². The number of carbonyl (C=O) groups is 1. The molecule has 2 aromatic heterocycles. The third-order valence-electron chi connectivity index (χ3n) is 4.69. The summed E-state index contributed by atoms with van der Waals surface area (Å²) < 4.78 is 3.71. The minimum absolute atomic E-state index is 0.112. The number of aromatic nitrogens is 3. The molecule has 2 aromatic carbocycles. The maximum atomic E-state index is 12.7. The summed E-state index contributed by atoms with van der Waals surface area (Å²) >= 11 is 10.1. The predicted molar refractivity (Wildman–Crippen MR) is 139 cm³/mol. The zero-order valence-electron chi connectivity index (χ0n) is 17.4. The molecule has 5 nitrogen and oxygen atoms in total. The molecule has 1 amide bonds. The number of carbonyl (C=O) groups excluding carboxylic acids is 1. The largest absolute Gasteiger partial charge is 0.323 e. The number of halogens is 2. The van der Waals surface area contributed by atoms with Crippen LogP contribution in [0.1, 0.15) is 21.8 Å². The van der Waals surface area contributed by atoms with Gasteiger partial charge in [-0.05, 0) is 87.0 Å². The average Bonchev–Trinajstić information content (AvgIpc) is 3.40. The number of benzene rings is 2. The summed E-state index contributed by atoms with van der Waals surface area (Å²) in [5.41, 5.74) is 3.99. The third-order valence-corrected chi connectivity index (χ3v) is 7.74. The molecule has 1 N–H and O–H groups in total. The van der Waals surface area contributed by atoms with Crippen molar-refractivity contribution in [3.63, 3.8) is 0 Å². The van der Waals surface area contributed by atoms with E-state index < -0.39 is 0 Å². The minimum Gasteiger partial charge on any atom is -0.323 e. The molecule has 0 aliphatic heterocycles. The molecule has 0 radical (unpaired) electrons. The summed E-state index contributed by atoms with van der Waals surface area (Å²) in [5.74, 6) is 0.956. The number of aryl methyl sites for hydroxylation is 2. The van der Waals surface area contributed by atoms with Gasteiger partial charge in [-0.25, -0.2) is 0 Å². The van der Waals surface area contributed by atoms with Crippen LogP contribution in [0.5, 0.6) is 0 Å². The van der Waals surface area contributed by atoms with Crippen molar-refractivity contribution in [2.75, 3.05) is 11.1 Å². The van der Waals surface area contributed by atoms with Crippen LogP contribution in [0.25, 0.3) is 5.69 Å². The Balaban J connectivity index is 1.55.